The van der Waals surface area contributed by atoms with E-state index in [9.17, 15) is 4.79 Å². The van der Waals surface area contributed by atoms with E-state index in [2.05, 4.69) is 20.8 Å². The Morgan fingerprint density at radius 1 is 1.48 bits per heavy atom. The van der Waals surface area contributed by atoms with E-state index in [1.54, 1.807) is 31.4 Å². The number of methoxy groups -OCH3 is 1. The second-order valence-electron chi connectivity index (χ2n) is 4.55. The van der Waals surface area contributed by atoms with Crippen molar-refractivity contribution in [2.45, 2.75) is 16.5 Å². The van der Waals surface area contributed by atoms with Crippen LogP contribution in [0.15, 0.2) is 28.6 Å². The number of anilines is 2. The first-order valence-corrected chi connectivity index (χ1v) is 8.95. The first-order valence-electron chi connectivity index (χ1n) is 6.88. The zero-order chi connectivity index (χ0) is 16.7. The molecule has 6 nitrogen and oxygen atoms in total. The van der Waals surface area contributed by atoms with Gasteiger partial charge in [0, 0.05) is 24.4 Å². The molecule has 1 amide bonds. The topological polar surface area (TPSA) is 76.1 Å². The van der Waals surface area contributed by atoms with E-state index >= 15 is 0 Å². The summed E-state index contributed by atoms with van der Waals surface area (Å²) in [5.74, 6) is -0.110. The molecule has 0 saturated carbocycles. The Kier molecular flexibility index (Phi) is 7.10. The molecule has 1 heterocycles. The Hall–Kier alpha value is -1.35. The van der Waals surface area contributed by atoms with Gasteiger partial charge in [-0.1, -0.05) is 40.8 Å². The molecule has 0 aliphatic rings. The smallest absolute Gasteiger partial charge is 0.237 e. The van der Waals surface area contributed by atoms with Crippen molar-refractivity contribution in [3.05, 3.63) is 29.3 Å². The quantitative estimate of drug-likeness (QED) is 0.546. The minimum absolute atomic E-state index is 0.110. The summed E-state index contributed by atoms with van der Waals surface area (Å²) in [7, 11) is 1.64. The molecular formula is C14H17ClN4O2S2. The standard InChI is InChI=1S/C14H17ClN4O2S2/c1-9(12(20)17-11-5-3-4-10(15)8-11)22-14-19-18-13(23-14)16-6-7-21-2/h3-5,8-9H,6-7H2,1-2H3,(H,16,18)(H,17,20)/t9-/m1/s1. The molecule has 2 rings (SSSR count). The normalized spacial score (nSPS) is 12.0. The van der Waals surface area contributed by atoms with Gasteiger partial charge in [0.2, 0.25) is 11.0 Å². The molecule has 1 aromatic heterocycles. The molecule has 9 heteroatoms. The predicted octanol–water partition coefficient (Wildman–Crippen LogP) is 3.37. The van der Waals surface area contributed by atoms with Crippen LogP contribution in [-0.4, -0.2) is 41.6 Å². The lowest BCUT2D eigenvalue weighted by Gasteiger charge is -2.10. The van der Waals surface area contributed by atoms with Gasteiger partial charge in [0.1, 0.15) is 0 Å². The van der Waals surface area contributed by atoms with Crippen LogP contribution in [-0.2, 0) is 9.53 Å². The fourth-order valence-electron chi connectivity index (χ4n) is 1.60. The predicted molar refractivity (Wildman–Crippen MR) is 95.7 cm³/mol. The van der Waals surface area contributed by atoms with Gasteiger partial charge in [-0.05, 0) is 25.1 Å². The fourth-order valence-corrected chi connectivity index (χ4v) is 3.72. The molecule has 0 aliphatic heterocycles. The molecule has 0 bridgehead atoms. The lowest BCUT2D eigenvalue weighted by molar-refractivity contribution is -0.115. The number of aromatic nitrogens is 2. The van der Waals surface area contributed by atoms with Gasteiger partial charge in [0.05, 0.1) is 11.9 Å². The molecule has 0 spiro atoms. The van der Waals surface area contributed by atoms with Gasteiger partial charge in [0.25, 0.3) is 0 Å². The summed E-state index contributed by atoms with van der Waals surface area (Å²) in [4.78, 5) is 12.2. The van der Waals surface area contributed by atoms with Crippen LogP contribution in [0.2, 0.25) is 5.02 Å². The van der Waals surface area contributed by atoms with E-state index in [-0.39, 0.29) is 11.2 Å². The first-order chi connectivity index (χ1) is 11.1. The van der Waals surface area contributed by atoms with Gasteiger partial charge in [-0.2, -0.15) is 0 Å². The highest BCUT2D eigenvalue weighted by molar-refractivity contribution is 8.02. The summed E-state index contributed by atoms with van der Waals surface area (Å²) in [6.07, 6.45) is 0. The number of carbonyl (C=O) groups is 1. The van der Waals surface area contributed by atoms with Crippen LogP contribution in [0.5, 0.6) is 0 Å². The van der Waals surface area contributed by atoms with E-state index in [1.807, 2.05) is 6.92 Å². The average Bonchev–Trinajstić information content (AvgIpc) is 2.95. The maximum Gasteiger partial charge on any atom is 0.237 e. The van der Waals surface area contributed by atoms with Crippen LogP contribution in [0.4, 0.5) is 10.8 Å². The minimum Gasteiger partial charge on any atom is -0.383 e. The second-order valence-corrected chi connectivity index (χ2v) is 7.55. The van der Waals surface area contributed by atoms with Crippen LogP contribution in [0.1, 0.15) is 6.92 Å². The van der Waals surface area contributed by atoms with Crippen molar-refractivity contribution in [2.24, 2.45) is 0 Å². The molecular weight excluding hydrogens is 356 g/mol. The Morgan fingerprint density at radius 3 is 3.04 bits per heavy atom. The number of hydrogen-bond donors (Lipinski definition) is 2. The van der Waals surface area contributed by atoms with Crippen molar-refractivity contribution < 1.29 is 9.53 Å². The van der Waals surface area contributed by atoms with Crippen LogP contribution < -0.4 is 10.6 Å². The number of halogens is 1. The van der Waals surface area contributed by atoms with Crippen LogP contribution in [0.3, 0.4) is 0 Å². The lowest BCUT2D eigenvalue weighted by Crippen LogP contribution is -2.22. The van der Waals surface area contributed by atoms with E-state index in [1.165, 1.54) is 23.1 Å². The van der Waals surface area contributed by atoms with E-state index in [0.29, 0.717) is 29.0 Å². The highest BCUT2D eigenvalue weighted by Gasteiger charge is 2.17. The second kappa shape index (κ2) is 9.07. The number of nitrogens with zero attached hydrogens (tertiary/aromatic N) is 2. The SMILES string of the molecule is COCCNc1nnc(S[C@H](C)C(=O)Nc2cccc(Cl)c2)s1. The Labute approximate surface area is 148 Å². The van der Waals surface area contributed by atoms with Crippen LogP contribution in [0.25, 0.3) is 0 Å². The van der Waals surface area contributed by atoms with Crippen molar-refractivity contribution in [3.8, 4) is 0 Å². The Balaban J connectivity index is 1.85. The molecule has 23 heavy (non-hydrogen) atoms. The number of amides is 1. The van der Waals surface area contributed by atoms with Crippen molar-refractivity contribution in [1.29, 1.82) is 0 Å². The number of carbonyl (C=O) groups excluding carboxylic acids is 1. The third kappa shape index (κ3) is 5.98. The highest BCUT2D eigenvalue weighted by Crippen LogP contribution is 2.29. The number of hydrogen-bond acceptors (Lipinski definition) is 7. The molecule has 0 saturated heterocycles. The summed E-state index contributed by atoms with van der Waals surface area (Å²) in [6.45, 7) is 3.09. The lowest BCUT2D eigenvalue weighted by atomic mass is 10.3. The summed E-state index contributed by atoms with van der Waals surface area (Å²) in [5, 5.41) is 15.0. The maximum atomic E-state index is 12.2. The molecule has 1 aromatic carbocycles. The number of benzene rings is 1. The largest absolute Gasteiger partial charge is 0.383 e. The van der Waals surface area contributed by atoms with Crippen molar-refractivity contribution in [2.75, 3.05) is 30.9 Å². The minimum atomic E-state index is -0.297. The first kappa shape index (κ1) is 18.0. The van der Waals surface area contributed by atoms with Gasteiger partial charge in [0.15, 0.2) is 4.34 Å². The van der Waals surface area contributed by atoms with E-state index in [4.69, 9.17) is 16.3 Å². The van der Waals surface area contributed by atoms with Gasteiger partial charge in [-0.3, -0.25) is 4.79 Å². The van der Waals surface area contributed by atoms with Gasteiger partial charge >= 0.3 is 0 Å². The van der Waals surface area contributed by atoms with Crippen molar-refractivity contribution in [3.63, 3.8) is 0 Å². The van der Waals surface area contributed by atoms with Crippen LogP contribution >= 0.6 is 34.7 Å². The van der Waals surface area contributed by atoms with E-state index in [0.717, 1.165) is 4.34 Å². The number of rotatable bonds is 8. The summed E-state index contributed by atoms with van der Waals surface area (Å²) < 4.78 is 5.69. The number of nitrogens with one attached hydrogen (secondary N) is 2. The fraction of sp³-hybridized carbons (Fsp3) is 0.357. The highest BCUT2D eigenvalue weighted by atomic mass is 35.5. The van der Waals surface area contributed by atoms with Gasteiger partial charge < -0.3 is 15.4 Å². The summed E-state index contributed by atoms with van der Waals surface area (Å²) >= 11 is 8.68. The third-order valence-electron chi connectivity index (χ3n) is 2.73. The molecule has 0 fully saturated rings. The van der Waals surface area contributed by atoms with Gasteiger partial charge in [-0.15, -0.1) is 10.2 Å². The molecule has 2 aromatic rings. The van der Waals surface area contributed by atoms with Crippen molar-refractivity contribution in [1.82, 2.24) is 10.2 Å². The molecule has 0 radical (unpaired) electrons. The zero-order valence-corrected chi connectivity index (χ0v) is 15.1. The maximum absolute atomic E-state index is 12.2. The third-order valence-corrected chi connectivity index (χ3v) is 5.03. The Morgan fingerprint density at radius 2 is 2.30 bits per heavy atom. The molecule has 1 atom stereocenters. The molecule has 0 unspecified atom stereocenters. The molecule has 0 aliphatic carbocycles. The monoisotopic (exact) mass is 372 g/mol. The Bertz CT molecular complexity index is 653. The van der Waals surface area contributed by atoms with Gasteiger partial charge in [-0.25, -0.2) is 0 Å². The van der Waals surface area contributed by atoms with E-state index < -0.39 is 0 Å². The molecule has 2 N–H and O–H groups in total. The average molecular weight is 373 g/mol. The number of thioether (sulfide) groups is 1. The zero-order valence-electron chi connectivity index (χ0n) is 12.7. The van der Waals surface area contributed by atoms with Crippen LogP contribution in [0, 0.1) is 0 Å². The summed E-state index contributed by atoms with van der Waals surface area (Å²) in [5.41, 5.74) is 0.675. The van der Waals surface area contributed by atoms with Crippen molar-refractivity contribution >= 4 is 51.4 Å². The molecule has 124 valence electrons. The number of ether oxygens (including phenoxy) is 1. The summed E-state index contributed by atoms with van der Waals surface area (Å²) in [6, 6.07) is 7.05.